The van der Waals surface area contributed by atoms with E-state index in [-0.39, 0.29) is 19.6 Å². The van der Waals surface area contributed by atoms with Gasteiger partial charge < -0.3 is 9.84 Å². The van der Waals surface area contributed by atoms with Gasteiger partial charge in [-0.1, -0.05) is 6.92 Å². The predicted octanol–water partition coefficient (Wildman–Crippen LogP) is 0.139. The molecule has 2 rings (SSSR count). The van der Waals surface area contributed by atoms with Crippen molar-refractivity contribution in [2.24, 2.45) is 5.92 Å². The molecule has 2 aliphatic heterocycles. The fourth-order valence-corrected chi connectivity index (χ4v) is 4.73. The predicted molar refractivity (Wildman–Crippen MR) is 72.5 cm³/mol. The molecule has 2 atom stereocenters. The second-order valence-corrected chi connectivity index (χ2v) is 7.43. The molecule has 0 aromatic heterocycles. The molecule has 8 heteroatoms. The molecule has 0 saturated carbocycles. The first kappa shape index (κ1) is 15.7. The zero-order chi connectivity index (χ0) is 14.8. The maximum Gasteiger partial charge on any atom is 0.305 e. The molecular formula is C12H22N2O5S. The summed E-state index contributed by atoms with van der Waals surface area (Å²) >= 11 is 0. The van der Waals surface area contributed by atoms with Crippen LogP contribution in [0.1, 0.15) is 26.2 Å². The third-order valence-electron chi connectivity index (χ3n) is 3.83. The van der Waals surface area contributed by atoms with Crippen LogP contribution < -0.4 is 0 Å². The molecule has 7 nitrogen and oxygen atoms in total. The molecule has 2 heterocycles. The Bertz CT molecular complexity index is 453. The van der Waals surface area contributed by atoms with Gasteiger partial charge in [0.05, 0.1) is 25.7 Å². The van der Waals surface area contributed by atoms with Gasteiger partial charge >= 0.3 is 5.97 Å². The van der Waals surface area contributed by atoms with Crippen molar-refractivity contribution >= 4 is 16.2 Å². The van der Waals surface area contributed by atoms with E-state index in [0.29, 0.717) is 25.6 Å². The van der Waals surface area contributed by atoms with E-state index in [9.17, 15) is 13.2 Å². The fraction of sp³-hybridized carbons (Fsp3) is 0.917. The molecule has 0 aromatic rings. The molecule has 2 fully saturated rings. The second-order valence-electron chi connectivity index (χ2n) is 5.55. The molecule has 0 aromatic carbocycles. The van der Waals surface area contributed by atoms with Crippen molar-refractivity contribution in [3.63, 3.8) is 0 Å². The number of aliphatic carboxylic acids is 1. The first-order valence-electron chi connectivity index (χ1n) is 6.97. The summed E-state index contributed by atoms with van der Waals surface area (Å²) in [5.74, 6) is -0.662. The lowest BCUT2D eigenvalue weighted by atomic mass is 10.0. The Morgan fingerprint density at radius 3 is 2.80 bits per heavy atom. The maximum atomic E-state index is 12.7. The molecule has 116 valence electrons. The number of piperidine rings is 1. The topological polar surface area (TPSA) is 87.2 Å². The summed E-state index contributed by atoms with van der Waals surface area (Å²) in [6.45, 7) is 3.76. The van der Waals surface area contributed by atoms with Crippen molar-refractivity contribution in [3.05, 3.63) is 0 Å². The Labute approximate surface area is 119 Å². The monoisotopic (exact) mass is 306 g/mol. The minimum absolute atomic E-state index is 0.148. The minimum Gasteiger partial charge on any atom is -0.481 e. The van der Waals surface area contributed by atoms with E-state index in [2.05, 4.69) is 0 Å². The molecule has 0 amide bonds. The quantitative estimate of drug-likeness (QED) is 0.798. The summed E-state index contributed by atoms with van der Waals surface area (Å²) in [6.07, 6.45) is 1.67. The van der Waals surface area contributed by atoms with Crippen LogP contribution in [-0.4, -0.2) is 67.0 Å². The van der Waals surface area contributed by atoms with Crippen LogP contribution in [0.5, 0.6) is 0 Å². The highest BCUT2D eigenvalue weighted by Gasteiger charge is 2.39. The Kier molecular flexibility index (Phi) is 5.00. The number of carbonyl (C=O) groups is 1. The third-order valence-corrected chi connectivity index (χ3v) is 5.88. The van der Waals surface area contributed by atoms with E-state index in [1.165, 1.54) is 8.61 Å². The van der Waals surface area contributed by atoms with E-state index in [1.807, 2.05) is 6.92 Å². The Morgan fingerprint density at radius 2 is 2.15 bits per heavy atom. The molecule has 20 heavy (non-hydrogen) atoms. The highest BCUT2D eigenvalue weighted by atomic mass is 32.2. The van der Waals surface area contributed by atoms with Crippen molar-refractivity contribution in [1.29, 1.82) is 0 Å². The molecule has 2 unspecified atom stereocenters. The van der Waals surface area contributed by atoms with Crippen LogP contribution in [0.3, 0.4) is 0 Å². The highest BCUT2D eigenvalue weighted by molar-refractivity contribution is 7.86. The van der Waals surface area contributed by atoms with Gasteiger partial charge in [-0.15, -0.1) is 0 Å². The molecule has 0 spiro atoms. The van der Waals surface area contributed by atoms with Gasteiger partial charge in [-0.05, 0) is 18.8 Å². The average molecular weight is 306 g/mol. The maximum absolute atomic E-state index is 12.7. The van der Waals surface area contributed by atoms with Gasteiger partial charge in [-0.2, -0.15) is 17.0 Å². The summed E-state index contributed by atoms with van der Waals surface area (Å²) in [5.41, 5.74) is 0. The van der Waals surface area contributed by atoms with Crippen molar-refractivity contribution < 1.29 is 23.1 Å². The lowest BCUT2D eigenvalue weighted by molar-refractivity contribution is -0.139. The average Bonchev–Trinajstić information content (AvgIpc) is 2.38. The number of ether oxygens (including phenoxy) is 1. The van der Waals surface area contributed by atoms with Crippen molar-refractivity contribution in [2.75, 3.05) is 32.8 Å². The molecule has 2 saturated heterocycles. The summed E-state index contributed by atoms with van der Waals surface area (Å²) in [7, 11) is -3.59. The van der Waals surface area contributed by atoms with Crippen LogP contribution in [-0.2, 0) is 19.7 Å². The fourth-order valence-electron chi connectivity index (χ4n) is 2.81. The molecule has 1 N–H and O–H groups in total. The van der Waals surface area contributed by atoms with Crippen molar-refractivity contribution in [2.45, 2.75) is 32.2 Å². The number of hydrogen-bond donors (Lipinski definition) is 1. The zero-order valence-corrected chi connectivity index (χ0v) is 12.5. The third kappa shape index (κ3) is 3.49. The van der Waals surface area contributed by atoms with E-state index in [0.717, 1.165) is 12.8 Å². The van der Waals surface area contributed by atoms with Crippen LogP contribution in [0.15, 0.2) is 0 Å². The molecule has 0 aliphatic carbocycles. The van der Waals surface area contributed by atoms with Crippen molar-refractivity contribution in [1.82, 2.24) is 8.61 Å². The van der Waals surface area contributed by atoms with Crippen molar-refractivity contribution in [3.8, 4) is 0 Å². The standard InChI is InChI=1S/C12H22N2O5S/c1-10-3-2-4-13(8-10)20(17,18)14-5-6-19-9-11(14)7-12(15)16/h10-11H,2-9H2,1H3,(H,15,16). The van der Waals surface area contributed by atoms with Crippen LogP contribution >= 0.6 is 0 Å². The van der Waals surface area contributed by atoms with Gasteiger partial charge in [-0.3, -0.25) is 4.79 Å². The summed E-state index contributed by atoms with van der Waals surface area (Å²) < 4.78 is 33.4. The van der Waals surface area contributed by atoms with E-state index in [4.69, 9.17) is 9.84 Å². The summed E-state index contributed by atoms with van der Waals surface area (Å²) in [6, 6.07) is -0.608. The van der Waals surface area contributed by atoms with E-state index < -0.39 is 22.2 Å². The normalized spacial score (nSPS) is 30.2. The zero-order valence-electron chi connectivity index (χ0n) is 11.7. The minimum atomic E-state index is -3.59. The van der Waals surface area contributed by atoms with Gasteiger partial charge in [0.25, 0.3) is 10.2 Å². The molecule has 2 aliphatic rings. The SMILES string of the molecule is CC1CCCN(S(=O)(=O)N2CCOCC2CC(=O)O)C1. The van der Waals surface area contributed by atoms with Crippen LogP contribution in [0.25, 0.3) is 0 Å². The van der Waals surface area contributed by atoms with Gasteiger partial charge in [0.1, 0.15) is 0 Å². The van der Waals surface area contributed by atoms with E-state index in [1.54, 1.807) is 0 Å². The van der Waals surface area contributed by atoms with Gasteiger partial charge in [0.2, 0.25) is 0 Å². The van der Waals surface area contributed by atoms with Gasteiger partial charge in [-0.25, -0.2) is 0 Å². The number of nitrogens with zero attached hydrogens (tertiary/aromatic N) is 2. The summed E-state index contributed by atoms with van der Waals surface area (Å²) in [5, 5.41) is 8.91. The highest BCUT2D eigenvalue weighted by Crippen LogP contribution is 2.24. The molecule has 0 radical (unpaired) electrons. The lowest BCUT2D eigenvalue weighted by Gasteiger charge is -2.39. The van der Waals surface area contributed by atoms with Gasteiger partial charge in [0, 0.05) is 19.6 Å². The smallest absolute Gasteiger partial charge is 0.305 e. The first-order valence-corrected chi connectivity index (χ1v) is 8.37. The number of carboxylic acid groups (broad SMARTS) is 1. The largest absolute Gasteiger partial charge is 0.481 e. The lowest BCUT2D eigenvalue weighted by Crippen LogP contribution is -2.55. The Morgan fingerprint density at radius 1 is 1.40 bits per heavy atom. The Hall–Kier alpha value is -0.700. The molecule has 0 bridgehead atoms. The Balaban J connectivity index is 2.14. The second kappa shape index (κ2) is 6.38. The summed E-state index contributed by atoms with van der Waals surface area (Å²) in [4.78, 5) is 10.9. The number of rotatable bonds is 4. The number of carboxylic acids is 1. The number of morpholine rings is 1. The van der Waals surface area contributed by atoms with Crippen LogP contribution in [0.2, 0.25) is 0 Å². The van der Waals surface area contributed by atoms with Gasteiger partial charge in [0.15, 0.2) is 0 Å². The van der Waals surface area contributed by atoms with E-state index >= 15 is 0 Å². The first-order chi connectivity index (χ1) is 9.41. The van der Waals surface area contributed by atoms with Crippen LogP contribution in [0.4, 0.5) is 0 Å². The van der Waals surface area contributed by atoms with Crippen LogP contribution in [0, 0.1) is 5.92 Å². The molecular weight excluding hydrogens is 284 g/mol. The number of hydrogen-bond acceptors (Lipinski definition) is 4.